The Labute approximate surface area is 233 Å². The maximum absolute atomic E-state index is 5.33. The highest BCUT2D eigenvalue weighted by Crippen LogP contribution is 2.44. The van der Waals surface area contributed by atoms with Crippen LogP contribution < -0.4 is 0 Å². The number of fused-ring (bicyclic) bond motifs is 4. The first-order chi connectivity index (χ1) is 19.9. The SMILES string of the molecule is c1ccc(-c2cccc(-c3ccccc3)c2-n2c(-c3cccc4c3Cc3ccccc3-4)nc3ccccc32)cc1. The van der Waals surface area contributed by atoms with Crippen molar-refractivity contribution in [1.82, 2.24) is 9.55 Å². The number of rotatable bonds is 4. The Morgan fingerprint density at radius 2 is 1.00 bits per heavy atom. The van der Waals surface area contributed by atoms with Gasteiger partial charge in [-0.15, -0.1) is 0 Å². The fraction of sp³-hybridized carbons (Fsp3) is 0.0263. The molecule has 188 valence electrons. The summed E-state index contributed by atoms with van der Waals surface area (Å²) in [4.78, 5) is 5.33. The third-order valence-corrected chi connectivity index (χ3v) is 8.08. The smallest absolute Gasteiger partial charge is 0.146 e. The molecule has 0 fully saturated rings. The van der Waals surface area contributed by atoms with E-state index in [-0.39, 0.29) is 0 Å². The van der Waals surface area contributed by atoms with Crippen molar-refractivity contribution in [2.24, 2.45) is 0 Å². The molecule has 0 saturated carbocycles. The molecule has 1 aromatic heterocycles. The fourth-order valence-corrected chi connectivity index (χ4v) is 6.29. The zero-order chi connectivity index (χ0) is 26.5. The second-order valence-corrected chi connectivity index (χ2v) is 10.4. The molecular weight excluding hydrogens is 484 g/mol. The lowest BCUT2D eigenvalue weighted by atomic mass is 9.95. The summed E-state index contributed by atoms with van der Waals surface area (Å²) in [6, 6.07) is 52.0. The van der Waals surface area contributed by atoms with E-state index < -0.39 is 0 Å². The Morgan fingerprint density at radius 3 is 1.73 bits per heavy atom. The van der Waals surface area contributed by atoms with Crippen LogP contribution in [0, 0.1) is 0 Å². The zero-order valence-corrected chi connectivity index (χ0v) is 22.0. The van der Waals surface area contributed by atoms with Gasteiger partial charge in [0.05, 0.1) is 16.7 Å². The zero-order valence-electron chi connectivity index (χ0n) is 22.0. The van der Waals surface area contributed by atoms with Gasteiger partial charge in [-0.2, -0.15) is 0 Å². The average molecular weight is 511 g/mol. The van der Waals surface area contributed by atoms with Crippen molar-refractivity contribution >= 4 is 11.0 Å². The van der Waals surface area contributed by atoms with Crippen LogP contribution in [0.15, 0.2) is 146 Å². The van der Waals surface area contributed by atoms with Crippen molar-refractivity contribution in [3.05, 3.63) is 157 Å². The van der Waals surface area contributed by atoms with Gasteiger partial charge in [-0.1, -0.05) is 133 Å². The molecule has 1 aliphatic rings. The van der Waals surface area contributed by atoms with E-state index in [0.717, 1.165) is 29.0 Å². The number of hydrogen-bond donors (Lipinski definition) is 0. The Morgan fingerprint density at radius 1 is 0.450 bits per heavy atom. The first-order valence-electron chi connectivity index (χ1n) is 13.8. The Hall–Kier alpha value is -5.21. The van der Waals surface area contributed by atoms with Crippen molar-refractivity contribution in [2.75, 3.05) is 0 Å². The third kappa shape index (κ3) is 3.54. The molecule has 0 aliphatic heterocycles. The predicted molar refractivity (Wildman–Crippen MR) is 166 cm³/mol. The monoisotopic (exact) mass is 510 g/mol. The van der Waals surface area contributed by atoms with Gasteiger partial charge in [0.1, 0.15) is 5.82 Å². The van der Waals surface area contributed by atoms with Crippen molar-refractivity contribution in [1.29, 1.82) is 0 Å². The first kappa shape index (κ1) is 22.7. The fourth-order valence-electron chi connectivity index (χ4n) is 6.29. The number of imidazole rings is 1. The van der Waals surface area contributed by atoms with Gasteiger partial charge in [-0.25, -0.2) is 4.98 Å². The normalized spacial score (nSPS) is 11.9. The molecule has 6 aromatic carbocycles. The van der Waals surface area contributed by atoms with Crippen molar-refractivity contribution < 1.29 is 0 Å². The molecule has 0 radical (unpaired) electrons. The molecule has 2 heteroatoms. The van der Waals surface area contributed by atoms with E-state index in [2.05, 4.69) is 150 Å². The predicted octanol–water partition coefficient (Wildman–Crippen LogP) is 9.60. The van der Waals surface area contributed by atoms with Crippen LogP contribution in [0.25, 0.3) is 61.5 Å². The second-order valence-electron chi connectivity index (χ2n) is 10.4. The van der Waals surface area contributed by atoms with E-state index in [1.807, 2.05) is 0 Å². The molecule has 0 spiro atoms. The van der Waals surface area contributed by atoms with Gasteiger partial charge < -0.3 is 0 Å². The van der Waals surface area contributed by atoms with Gasteiger partial charge in [0.25, 0.3) is 0 Å². The van der Waals surface area contributed by atoms with Gasteiger partial charge in [0, 0.05) is 16.7 Å². The Bertz CT molecular complexity index is 1960. The van der Waals surface area contributed by atoms with Crippen molar-refractivity contribution in [3.63, 3.8) is 0 Å². The summed E-state index contributed by atoms with van der Waals surface area (Å²) in [7, 11) is 0. The summed E-state index contributed by atoms with van der Waals surface area (Å²) < 4.78 is 2.40. The van der Waals surface area contributed by atoms with E-state index >= 15 is 0 Å². The minimum absolute atomic E-state index is 0.913. The topological polar surface area (TPSA) is 17.8 Å². The quantitative estimate of drug-likeness (QED) is 0.230. The highest BCUT2D eigenvalue weighted by molar-refractivity contribution is 5.94. The summed E-state index contributed by atoms with van der Waals surface area (Å²) in [6.07, 6.45) is 0.913. The van der Waals surface area contributed by atoms with Crippen LogP contribution in [0.3, 0.4) is 0 Å². The van der Waals surface area contributed by atoms with Crippen LogP contribution in [0.4, 0.5) is 0 Å². The van der Waals surface area contributed by atoms with Crippen LogP contribution in [-0.2, 0) is 6.42 Å². The average Bonchev–Trinajstić information content (AvgIpc) is 3.60. The Balaban J connectivity index is 1.48. The van der Waals surface area contributed by atoms with Crippen LogP contribution in [0.2, 0.25) is 0 Å². The van der Waals surface area contributed by atoms with Crippen LogP contribution in [0.5, 0.6) is 0 Å². The minimum Gasteiger partial charge on any atom is -0.291 e. The second kappa shape index (κ2) is 9.21. The lowest BCUT2D eigenvalue weighted by Crippen LogP contribution is -2.04. The largest absolute Gasteiger partial charge is 0.291 e. The standard InChI is InChI=1S/C38H26N2/c1-3-13-26(14-4-1)30-19-11-20-31(27-15-5-2-6-16-27)37(30)40-36-24-10-9-23-35(36)39-38(40)33-22-12-21-32-29-18-8-7-17-28(29)25-34(32)33/h1-24H,25H2. The third-order valence-electron chi connectivity index (χ3n) is 8.08. The first-order valence-corrected chi connectivity index (χ1v) is 13.8. The number of benzene rings is 6. The number of para-hydroxylation sites is 3. The molecule has 0 amide bonds. The van der Waals surface area contributed by atoms with E-state index in [1.54, 1.807) is 0 Å². The van der Waals surface area contributed by atoms with Crippen molar-refractivity contribution in [2.45, 2.75) is 6.42 Å². The summed E-state index contributed by atoms with van der Waals surface area (Å²) in [5.41, 5.74) is 14.5. The maximum Gasteiger partial charge on any atom is 0.146 e. The van der Waals surface area contributed by atoms with E-state index in [9.17, 15) is 0 Å². The molecule has 1 heterocycles. The molecule has 2 nitrogen and oxygen atoms in total. The molecule has 7 aromatic rings. The van der Waals surface area contributed by atoms with E-state index in [1.165, 1.54) is 50.1 Å². The lowest BCUT2D eigenvalue weighted by Gasteiger charge is -2.20. The molecule has 1 aliphatic carbocycles. The molecule has 0 bridgehead atoms. The molecule has 0 N–H and O–H groups in total. The molecule has 40 heavy (non-hydrogen) atoms. The van der Waals surface area contributed by atoms with Gasteiger partial charge in [-0.3, -0.25) is 4.57 Å². The lowest BCUT2D eigenvalue weighted by molar-refractivity contribution is 1.10. The van der Waals surface area contributed by atoms with E-state index in [0.29, 0.717) is 0 Å². The van der Waals surface area contributed by atoms with Crippen molar-refractivity contribution in [3.8, 4) is 50.5 Å². The number of aromatic nitrogens is 2. The van der Waals surface area contributed by atoms with Crippen LogP contribution in [-0.4, -0.2) is 9.55 Å². The van der Waals surface area contributed by atoms with Gasteiger partial charge in [0.2, 0.25) is 0 Å². The molecule has 0 atom stereocenters. The molecule has 0 saturated heterocycles. The highest BCUT2D eigenvalue weighted by Gasteiger charge is 2.26. The molecule has 0 unspecified atom stereocenters. The minimum atomic E-state index is 0.913. The summed E-state index contributed by atoms with van der Waals surface area (Å²) in [6.45, 7) is 0. The van der Waals surface area contributed by atoms with Gasteiger partial charge in [0.15, 0.2) is 0 Å². The number of hydrogen-bond acceptors (Lipinski definition) is 1. The number of nitrogens with zero attached hydrogens (tertiary/aromatic N) is 2. The van der Waals surface area contributed by atoms with Crippen LogP contribution >= 0.6 is 0 Å². The van der Waals surface area contributed by atoms with Gasteiger partial charge in [-0.05, 0) is 51.9 Å². The Kier molecular flexibility index (Phi) is 5.24. The summed E-state index contributed by atoms with van der Waals surface area (Å²) in [5.74, 6) is 0.978. The summed E-state index contributed by atoms with van der Waals surface area (Å²) in [5, 5.41) is 0. The highest BCUT2D eigenvalue weighted by atomic mass is 15.1. The van der Waals surface area contributed by atoms with E-state index in [4.69, 9.17) is 4.98 Å². The molecule has 8 rings (SSSR count). The molecular formula is C38H26N2. The summed E-state index contributed by atoms with van der Waals surface area (Å²) >= 11 is 0. The van der Waals surface area contributed by atoms with Gasteiger partial charge >= 0.3 is 0 Å². The maximum atomic E-state index is 5.33. The van der Waals surface area contributed by atoms with Crippen LogP contribution in [0.1, 0.15) is 11.1 Å².